The zero-order valence-corrected chi connectivity index (χ0v) is 22.0. The Bertz CT molecular complexity index is 1440. The quantitative estimate of drug-likeness (QED) is 0.398. The highest BCUT2D eigenvalue weighted by Crippen LogP contribution is 2.39. The fraction of sp³-hybridized carbons (Fsp3) is 0.429. The van der Waals surface area contributed by atoms with E-state index in [1.54, 1.807) is 15.5 Å². The molecular weight excluding hydrogens is 472 g/mol. The van der Waals surface area contributed by atoms with Crippen molar-refractivity contribution in [2.75, 3.05) is 13.1 Å². The number of esters is 1. The fourth-order valence-corrected chi connectivity index (χ4v) is 5.17. The van der Waals surface area contributed by atoms with Gasteiger partial charge in [-0.15, -0.1) is 0 Å². The van der Waals surface area contributed by atoms with Crippen molar-refractivity contribution in [1.82, 2.24) is 14.5 Å². The van der Waals surface area contributed by atoms with Gasteiger partial charge in [0.05, 0.1) is 35.6 Å². The molecule has 3 aromatic rings. The summed E-state index contributed by atoms with van der Waals surface area (Å²) in [5.74, 6) is -0.896. The van der Waals surface area contributed by atoms with Crippen LogP contribution in [0.5, 0.6) is 0 Å². The van der Waals surface area contributed by atoms with Crippen LogP contribution in [-0.4, -0.2) is 50.6 Å². The van der Waals surface area contributed by atoms with Crippen molar-refractivity contribution >= 4 is 22.8 Å². The number of amides is 1. The largest absolute Gasteiger partial charge is 0.458 e. The lowest BCUT2D eigenvalue weighted by atomic mass is 9.89. The molecule has 2 aliphatic heterocycles. The Morgan fingerprint density at radius 1 is 1.24 bits per heavy atom. The molecule has 0 spiro atoms. The third-order valence-corrected chi connectivity index (χ3v) is 7.06. The van der Waals surface area contributed by atoms with Gasteiger partial charge in [-0.1, -0.05) is 32.0 Å². The van der Waals surface area contributed by atoms with E-state index in [-0.39, 0.29) is 41.8 Å². The number of hydrogen-bond donors (Lipinski definition) is 2. The van der Waals surface area contributed by atoms with Gasteiger partial charge in [0.1, 0.15) is 6.61 Å². The molecule has 5 rings (SSSR count). The van der Waals surface area contributed by atoms with Crippen molar-refractivity contribution in [3.8, 4) is 11.4 Å². The number of benzene rings is 1. The number of nitrogens with zero attached hydrogens (tertiary/aromatic N) is 3. The first kappa shape index (κ1) is 26.5. The van der Waals surface area contributed by atoms with Crippen molar-refractivity contribution in [2.24, 2.45) is 5.73 Å². The van der Waals surface area contributed by atoms with Gasteiger partial charge < -0.3 is 25.0 Å². The number of hydrogen-bond acceptors (Lipinski definition) is 7. The van der Waals surface area contributed by atoms with E-state index in [1.807, 2.05) is 52.0 Å². The Morgan fingerprint density at radius 2 is 1.95 bits per heavy atom. The van der Waals surface area contributed by atoms with Crippen LogP contribution < -0.4 is 11.3 Å². The van der Waals surface area contributed by atoms with Gasteiger partial charge in [0.2, 0.25) is 5.91 Å². The number of carbonyl (C=O) groups excluding carboxylic acids is 2. The Balaban J connectivity index is 0.00000156. The summed E-state index contributed by atoms with van der Waals surface area (Å²) >= 11 is 0. The smallest absolute Gasteiger partial charge is 0.342 e. The second kappa shape index (κ2) is 10.1. The summed E-state index contributed by atoms with van der Waals surface area (Å²) in [6.07, 6.45) is 0.567. The Labute approximate surface area is 215 Å². The number of rotatable bonds is 5. The Morgan fingerprint density at radius 3 is 2.62 bits per heavy atom. The number of carbonyl (C=O) groups is 2. The van der Waals surface area contributed by atoms with Gasteiger partial charge in [0.15, 0.2) is 5.60 Å². The summed E-state index contributed by atoms with van der Waals surface area (Å²) in [6, 6.07) is 9.44. The van der Waals surface area contributed by atoms with Crippen LogP contribution in [0.4, 0.5) is 0 Å². The van der Waals surface area contributed by atoms with Crippen LogP contribution in [0, 0.1) is 0 Å². The molecule has 0 radical (unpaired) electrons. The number of cyclic esters (lactones) is 1. The fourth-order valence-electron chi connectivity index (χ4n) is 5.17. The van der Waals surface area contributed by atoms with Crippen LogP contribution in [0.1, 0.15) is 56.9 Å². The molecule has 0 saturated heterocycles. The van der Waals surface area contributed by atoms with E-state index in [4.69, 9.17) is 15.5 Å². The highest BCUT2D eigenvalue weighted by Gasteiger charge is 2.43. The summed E-state index contributed by atoms with van der Waals surface area (Å²) in [4.78, 5) is 44.7. The van der Waals surface area contributed by atoms with E-state index in [0.29, 0.717) is 30.9 Å². The molecule has 4 heterocycles. The number of aliphatic hydroxyl groups is 1. The molecule has 37 heavy (non-hydrogen) atoms. The SMILES string of the molecule is CC.CC(C)N(CCc1c2c(nc3ccccc13)-c1cc3c(c(=O)n1C2)COC(=O)[C@@]3(C)O)C(=O)CN. The first-order chi connectivity index (χ1) is 17.6. The third kappa shape index (κ3) is 4.32. The van der Waals surface area contributed by atoms with Crippen LogP contribution in [0.25, 0.3) is 22.3 Å². The summed E-state index contributed by atoms with van der Waals surface area (Å²) in [7, 11) is 0. The average Bonchev–Trinajstić information content (AvgIpc) is 3.26. The topological polar surface area (TPSA) is 128 Å². The Kier molecular flexibility index (Phi) is 7.21. The van der Waals surface area contributed by atoms with Gasteiger partial charge in [-0.3, -0.25) is 9.59 Å². The van der Waals surface area contributed by atoms with E-state index < -0.39 is 11.6 Å². The van der Waals surface area contributed by atoms with E-state index in [0.717, 1.165) is 22.0 Å². The lowest BCUT2D eigenvalue weighted by molar-refractivity contribution is -0.169. The maximum atomic E-state index is 13.4. The second-order valence-electron chi connectivity index (χ2n) is 9.53. The maximum absolute atomic E-state index is 13.4. The summed E-state index contributed by atoms with van der Waals surface area (Å²) < 4.78 is 6.70. The molecule has 1 atom stereocenters. The van der Waals surface area contributed by atoms with Crippen LogP contribution in [0.2, 0.25) is 0 Å². The summed E-state index contributed by atoms with van der Waals surface area (Å²) in [5, 5.41) is 11.8. The van der Waals surface area contributed by atoms with Crippen LogP contribution in [0.3, 0.4) is 0 Å². The lowest BCUT2D eigenvalue weighted by Gasteiger charge is -2.29. The zero-order chi connectivity index (χ0) is 27.1. The molecule has 0 saturated carbocycles. The van der Waals surface area contributed by atoms with Gasteiger partial charge in [0, 0.05) is 29.1 Å². The first-order valence-corrected chi connectivity index (χ1v) is 12.7. The molecule has 3 N–H and O–H groups in total. The molecular formula is C28H34N4O5. The third-order valence-electron chi connectivity index (χ3n) is 7.06. The molecule has 0 bridgehead atoms. The van der Waals surface area contributed by atoms with Crippen molar-refractivity contribution in [3.63, 3.8) is 0 Å². The highest BCUT2D eigenvalue weighted by atomic mass is 16.6. The molecule has 9 heteroatoms. The number of aromatic nitrogens is 2. The predicted molar refractivity (Wildman–Crippen MR) is 141 cm³/mol. The minimum atomic E-state index is -1.91. The van der Waals surface area contributed by atoms with Gasteiger partial charge in [-0.25, -0.2) is 9.78 Å². The number of ether oxygens (including phenoxy) is 1. The molecule has 196 valence electrons. The van der Waals surface area contributed by atoms with Gasteiger partial charge in [-0.2, -0.15) is 0 Å². The van der Waals surface area contributed by atoms with Crippen LogP contribution in [0.15, 0.2) is 35.1 Å². The van der Waals surface area contributed by atoms with Crippen molar-refractivity contribution in [1.29, 1.82) is 0 Å². The van der Waals surface area contributed by atoms with Crippen molar-refractivity contribution in [3.05, 3.63) is 62.9 Å². The molecule has 0 unspecified atom stereocenters. The highest BCUT2D eigenvalue weighted by molar-refractivity contribution is 5.89. The van der Waals surface area contributed by atoms with Crippen LogP contribution >= 0.6 is 0 Å². The van der Waals surface area contributed by atoms with Crippen molar-refractivity contribution in [2.45, 2.75) is 65.8 Å². The summed E-state index contributed by atoms with van der Waals surface area (Å²) in [5.41, 5.74) is 7.84. The summed E-state index contributed by atoms with van der Waals surface area (Å²) in [6.45, 7) is 9.82. The Hall–Kier alpha value is -3.56. The molecule has 0 aliphatic carbocycles. The van der Waals surface area contributed by atoms with Gasteiger partial charge in [-0.05, 0) is 44.9 Å². The molecule has 2 aliphatic rings. The molecule has 1 amide bonds. The minimum Gasteiger partial charge on any atom is -0.458 e. The number of para-hydroxylation sites is 1. The molecule has 0 fully saturated rings. The zero-order valence-electron chi connectivity index (χ0n) is 22.0. The molecule has 2 aromatic heterocycles. The molecule has 1 aromatic carbocycles. The second-order valence-corrected chi connectivity index (χ2v) is 9.53. The number of fused-ring (bicyclic) bond motifs is 5. The van der Waals surface area contributed by atoms with Crippen molar-refractivity contribution < 1.29 is 19.4 Å². The monoisotopic (exact) mass is 506 g/mol. The van der Waals surface area contributed by atoms with E-state index in [1.165, 1.54) is 6.92 Å². The van der Waals surface area contributed by atoms with Crippen LogP contribution in [-0.2, 0) is 39.5 Å². The first-order valence-electron chi connectivity index (χ1n) is 12.7. The predicted octanol–water partition coefficient (Wildman–Crippen LogP) is 2.45. The van der Waals surface area contributed by atoms with E-state index in [9.17, 15) is 19.5 Å². The van der Waals surface area contributed by atoms with E-state index >= 15 is 0 Å². The lowest BCUT2D eigenvalue weighted by Crippen LogP contribution is -2.42. The standard InChI is InChI=1S/C26H28N4O5.C2H6/c1-14(2)29(22(31)11-27)9-8-15-16-6-4-5-7-20(16)28-23-17(15)12-30-21(23)10-19-18(24(30)32)13-35-25(33)26(19,3)34;1-2/h4-7,10,14,34H,8-9,11-13,27H2,1-3H3;1-2H3/t26-;/m0./s1. The van der Waals surface area contributed by atoms with Gasteiger partial charge >= 0.3 is 5.97 Å². The van der Waals surface area contributed by atoms with E-state index in [2.05, 4.69) is 0 Å². The normalized spacial score (nSPS) is 17.5. The minimum absolute atomic E-state index is 0.00138. The number of nitrogens with two attached hydrogens (primary N) is 1. The van der Waals surface area contributed by atoms with Gasteiger partial charge in [0.25, 0.3) is 5.56 Å². The molecule has 9 nitrogen and oxygen atoms in total. The average molecular weight is 507 g/mol. The number of pyridine rings is 2. The maximum Gasteiger partial charge on any atom is 0.342 e.